The minimum absolute atomic E-state index is 0.0257. The second-order valence-electron chi connectivity index (χ2n) is 6.38. The van der Waals surface area contributed by atoms with Gasteiger partial charge in [-0.1, -0.05) is 18.2 Å². The SMILES string of the molecule is CCNC(=O)[C@H]1CCN(C(=O)c2cccc(-c3ncccc3C)c2)C1. The molecular formula is C20H23N3O2. The lowest BCUT2D eigenvalue weighted by atomic mass is 10.0. The smallest absolute Gasteiger partial charge is 0.253 e. The summed E-state index contributed by atoms with van der Waals surface area (Å²) in [5, 5.41) is 2.84. The van der Waals surface area contributed by atoms with Crippen molar-refractivity contribution in [1.29, 1.82) is 0 Å². The molecule has 0 radical (unpaired) electrons. The average molecular weight is 337 g/mol. The van der Waals surface area contributed by atoms with E-state index in [0.717, 1.165) is 23.2 Å². The van der Waals surface area contributed by atoms with Crippen LogP contribution in [0.15, 0.2) is 42.6 Å². The molecule has 0 saturated carbocycles. The Morgan fingerprint density at radius 1 is 1.28 bits per heavy atom. The molecule has 2 amide bonds. The molecule has 130 valence electrons. The van der Waals surface area contributed by atoms with Gasteiger partial charge in [-0.05, 0) is 44.0 Å². The molecule has 2 aromatic rings. The Kier molecular flexibility index (Phi) is 5.12. The maximum absolute atomic E-state index is 12.8. The zero-order valence-electron chi connectivity index (χ0n) is 14.7. The van der Waals surface area contributed by atoms with E-state index in [-0.39, 0.29) is 17.7 Å². The van der Waals surface area contributed by atoms with Crippen LogP contribution in [-0.4, -0.2) is 41.3 Å². The molecule has 1 atom stereocenters. The van der Waals surface area contributed by atoms with Crippen molar-refractivity contribution in [3.8, 4) is 11.3 Å². The highest BCUT2D eigenvalue weighted by Gasteiger charge is 2.31. The quantitative estimate of drug-likeness (QED) is 0.933. The summed E-state index contributed by atoms with van der Waals surface area (Å²) < 4.78 is 0. The van der Waals surface area contributed by atoms with E-state index in [0.29, 0.717) is 25.2 Å². The van der Waals surface area contributed by atoms with Crippen LogP contribution >= 0.6 is 0 Å². The van der Waals surface area contributed by atoms with E-state index in [1.807, 2.05) is 50.2 Å². The molecule has 0 aliphatic carbocycles. The number of likely N-dealkylation sites (tertiary alicyclic amines) is 1. The molecule has 1 aromatic heterocycles. The van der Waals surface area contributed by atoms with Crippen LogP contribution in [0, 0.1) is 12.8 Å². The summed E-state index contributed by atoms with van der Waals surface area (Å²) in [6.07, 6.45) is 2.48. The zero-order chi connectivity index (χ0) is 17.8. The predicted octanol–water partition coefficient (Wildman–Crippen LogP) is 2.66. The van der Waals surface area contributed by atoms with Gasteiger partial charge >= 0.3 is 0 Å². The number of carbonyl (C=O) groups is 2. The largest absolute Gasteiger partial charge is 0.356 e. The van der Waals surface area contributed by atoms with Crippen LogP contribution in [0.1, 0.15) is 29.3 Å². The molecule has 5 heteroatoms. The summed E-state index contributed by atoms with van der Waals surface area (Å²) in [7, 11) is 0. The number of carbonyl (C=O) groups excluding carboxylic acids is 2. The maximum Gasteiger partial charge on any atom is 0.253 e. The summed E-state index contributed by atoms with van der Waals surface area (Å²) in [4.78, 5) is 31.0. The molecule has 1 aliphatic heterocycles. The van der Waals surface area contributed by atoms with Crippen LogP contribution < -0.4 is 5.32 Å². The molecule has 0 unspecified atom stereocenters. The number of amides is 2. The lowest BCUT2D eigenvalue weighted by Crippen LogP contribution is -2.34. The van der Waals surface area contributed by atoms with Crippen molar-refractivity contribution in [2.45, 2.75) is 20.3 Å². The Bertz CT molecular complexity index is 788. The third-order valence-electron chi connectivity index (χ3n) is 4.59. The van der Waals surface area contributed by atoms with E-state index < -0.39 is 0 Å². The van der Waals surface area contributed by atoms with Crippen molar-refractivity contribution in [3.63, 3.8) is 0 Å². The summed E-state index contributed by atoms with van der Waals surface area (Å²) in [5.41, 5.74) is 3.53. The van der Waals surface area contributed by atoms with E-state index in [2.05, 4.69) is 10.3 Å². The van der Waals surface area contributed by atoms with Gasteiger partial charge in [0.1, 0.15) is 0 Å². The maximum atomic E-state index is 12.8. The highest BCUT2D eigenvalue weighted by atomic mass is 16.2. The van der Waals surface area contributed by atoms with Crippen LogP contribution in [-0.2, 0) is 4.79 Å². The molecule has 1 fully saturated rings. The standard InChI is InChI=1S/C20H23N3O2/c1-3-21-19(24)17-9-11-23(13-17)20(25)16-8-4-7-15(12-16)18-14(2)6-5-10-22-18/h4-8,10,12,17H,3,9,11,13H2,1-2H3,(H,21,24)/t17-/m0/s1. The minimum Gasteiger partial charge on any atom is -0.356 e. The van der Waals surface area contributed by atoms with Crippen LogP contribution in [0.5, 0.6) is 0 Å². The van der Waals surface area contributed by atoms with E-state index in [9.17, 15) is 9.59 Å². The van der Waals surface area contributed by atoms with E-state index >= 15 is 0 Å². The van der Waals surface area contributed by atoms with Crippen LogP contribution in [0.25, 0.3) is 11.3 Å². The summed E-state index contributed by atoms with van der Waals surface area (Å²) in [5.74, 6) is -0.0944. The fourth-order valence-electron chi connectivity index (χ4n) is 3.25. The Balaban J connectivity index is 1.77. The van der Waals surface area contributed by atoms with Gasteiger partial charge in [0, 0.05) is 37.0 Å². The van der Waals surface area contributed by atoms with Gasteiger partial charge in [-0.25, -0.2) is 0 Å². The van der Waals surface area contributed by atoms with Gasteiger partial charge < -0.3 is 10.2 Å². The molecule has 1 aromatic carbocycles. The third-order valence-corrected chi connectivity index (χ3v) is 4.59. The van der Waals surface area contributed by atoms with Crippen molar-refractivity contribution in [2.75, 3.05) is 19.6 Å². The Morgan fingerprint density at radius 3 is 2.88 bits per heavy atom. The fourth-order valence-corrected chi connectivity index (χ4v) is 3.25. The first-order chi connectivity index (χ1) is 12.1. The highest BCUT2D eigenvalue weighted by Crippen LogP contribution is 2.24. The molecular weight excluding hydrogens is 314 g/mol. The number of benzene rings is 1. The Hall–Kier alpha value is -2.69. The first-order valence-electron chi connectivity index (χ1n) is 8.69. The molecule has 0 spiro atoms. The number of hydrogen-bond donors (Lipinski definition) is 1. The third kappa shape index (κ3) is 3.71. The van der Waals surface area contributed by atoms with Gasteiger partial charge in [-0.15, -0.1) is 0 Å². The molecule has 1 N–H and O–H groups in total. The fraction of sp³-hybridized carbons (Fsp3) is 0.350. The van der Waals surface area contributed by atoms with Gasteiger partial charge in [0.2, 0.25) is 5.91 Å². The van der Waals surface area contributed by atoms with Gasteiger partial charge in [-0.3, -0.25) is 14.6 Å². The van der Waals surface area contributed by atoms with Gasteiger partial charge in [-0.2, -0.15) is 0 Å². The number of rotatable bonds is 4. The van der Waals surface area contributed by atoms with E-state index in [1.165, 1.54) is 0 Å². The number of pyridine rings is 1. The average Bonchev–Trinajstić information content (AvgIpc) is 3.12. The Morgan fingerprint density at radius 2 is 2.12 bits per heavy atom. The number of hydrogen-bond acceptors (Lipinski definition) is 3. The highest BCUT2D eigenvalue weighted by molar-refractivity contribution is 5.96. The molecule has 0 bridgehead atoms. The first kappa shape index (κ1) is 17.1. The molecule has 1 saturated heterocycles. The second-order valence-corrected chi connectivity index (χ2v) is 6.38. The Labute approximate surface area is 148 Å². The van der Waals surface area contributed by atoms with Crippen LogP contribution in [0.2, 0.25) is 0 Å². The van der Waals surface area contributed by atoms with E-state index in [1.54, 1.807) is 11.1 Å². The predicted molar refractivity (Wildman–Crippen MR) is 97.1 cm³/mol. The topological polar surface area (TPSA) is 62.3 Å². The van der Waals surface area contributed by atoms with E-state index in [4.69, 9.17) is 0 Å². The molecule has 25 heavy (non-hydrogen) atoms. The van der Waals surface area contributed by atoms with Crippen molar-refractivity contribution in [1.82, 2.24) is 15.2 Å². The summed E-state index contributed by atoms with van der Waals surface area (Å²) in [6, 6.07) is 11.5. The number of nitrogens with one attached hydrogen (secondary N) is 1. The van der Waals surface area contributed by atoms with Crippen LogP contribution in [0.3, 0.4) is 0 Å². The van der Waals surface area contributed by atoms with Crippen molar-refractivity contribution in [2.24, 2.45) is 5.92 Å². The lowest BCUT2D eigenvalue weighted by molar-refractivity contribution is -0.124. The summed E-state index contributed by atoms with van der Waals surface area (Å²) >= 11 is 0. The number of nitrogens with zero attached hydrogens (tertiary/aromatic N) is 2. The first-order valence-corrected chi connectivity index (χ1v) is 8.69. The van der Waals surface area contributed by atoms with Gasteiger partial charge in [0.05, 0.1) is 11.6 Å². The molecule has 3 rings (SSSR count). The van der Waals surface area contributed by atoms with Crippen molar-refractivity contribution in [3.05, 3.63) is 53.7 Å². The molecule has 2 heterocycles. The summed E-state index contributed by atoms with van der Waals surface area (Å²) in [6.45, 7) is 5.63. The minimum atomic E-state index is -0.106. The second kappa shape index (κ2) is 7.47. The molecule has 1 aliphatic rings. The van der Waals surface area contributed by atoms with Gasteiger partial charge in [0.25, 0.3) is 5.91 Å². The van der Waals surface area contributed by atoms with Gasteiger partial charge in [0.15, 0.2) is 0 Å². The van der Waals surface area contributed by atoms with Crippen LogP contribution in [0.4, 0.5) is 0 Å². The molecule has 5 nitrogen and oxygen atoms in total. The normalized spacial score (nSPS) is 16.7. The van der Waals surface area contributed by atoms with Crippen molar-refractivity contribution >= 4 is 11.8 Å². The number of aryl methyl sites for hydroxylation is 1. The zero-order valence-corrected chi connectivity index (χ0v) is 14.7. The monoisotopic (exact) mass is 337 g/mol. The van der Waals surface area contributed by atoms with Crippen molar-refractivity contribution < 1.29 is 9.59 Å². The lowest BCUT2D eigenvalue weighted by Gasteiger charge is -2.17. The number of aromatic nitrogens is 1.